The molecule has 1 fully saturated rings. The average molecular weight is 418 g/mol. The van der Waals surface area contributed by atoms with Gasteiger partial charge in [-0.05, 0) is 31.9 Å². The Kier molecular flexibility index (Phi) is 7.78. The van der Waals surface area contributed by atoms with E-state index in [9.17, 15) is 14.0 Å². The van der Waals surface area contributed by atoms with Crippen molar-refractivity contribution in [3.05, 3.63) is 51.7 Å². The third-order valence-corrected chi connectivity index (χ3v) is 4.86. The first-order valence-electron chi connectivity index (χ1n) is 10.1. The van der Waals surface area contributed by atoms with Crippen molar-refractivity contribution in [2.75, 3.05) is 44.4 Å². The molecular weight excluding hydrogens is 391 g/mol. The maximum absolute atomic E-state index is 13.4. The second-order valence-electron chi connectivity index (χ2n) is 7.04. The number of hydrogen-bond acceptors (Lipinski definition) is 6. The van der Waals surface area contributed by atoms with E-state index in [1.165, 1.54) is 6.07 Å². The van der Waals surface area contributed by atoms with Gasteiger partial charge in [0.05, 0.1) is 19.8 Å². The highest BCUT2D eigenvalue weighted by Crippen LogP contribution is 2.15. The first kappa shape index (κ1) is 21.8. The third-order valence-electron chi connectivity index (χ3n) is 4.86. The number of nitrogens with one attached hydrogen (secondary N) is 2. The summed E-state index contributed by atoms with van der Waals surface area (Å²) in [5, 5.41) is 2.79. The molecule has 162 valence electrons. The van der Waals surface area contributed by atoms with E-state index in [1.807, 2.05) is 4.90 Å². The lowest BCUT2D eigenvalue weighted by atomic mass is 10.1. The number of aromatic amines is 1. The van der Waals surface area contributed by atoms with Crippen LogP contribution in [0.1, 0.15) is 24.1 Å². The quantitative estimate of drug-likeness (QED) is 0.600. The molecule has 8 nitrogen and oxygen atoms in total. The lowest BCUT2D eigenvalue weighted by Gasteiger charge is -2.27. The van der Waals surface area contributed by atoms with Gasteiger partial charge < -0.3 is 19.7 Å². The number of H-pyrrole nitrogens is 1. The number of aryl methyl sites for hydroxylation is 1. The minimum absolute atomic E-state index is 0.156. The van der Waals surface area contributed by atoms with Crippen LogP contribution in [0.15, 0.2) is 29.1 Å². The first-order chi connectivity index (χ1) is 14.5. The molecule has 30 heavy (non-hydrogen) atoms. The number of halogens is 1. The third kappa shape index (κ3) is 6.03. The lowest BCUT2D eigenvalue weighted by molar-refractivity contribution is -0.121. The normalized spacial score (nSPS) is 13.9. The lowest BCUT2D eigenvalue weighted by Crippen LogP contribution is -2.38. The number of anilines is 1. The van der Waals surface area contributed by atoms with E-state index in [0.29, 0.717) is 69.5 Å². The molecule has 0 unspecified atom stereocenters. The van der Waals surface area contributed by atoms with Crippen LogP contribution < -0.4 is 20.5 Å². The summed E-state index contributed by atoms with van der Waals surface area (Å²) in [7, 11) is 0. The number of carbonyl (C=O) groups excluding carboxylic acids is 1. The van der Waals surface area contributed by atoms with Crippen molar-refractivity contribution >= 4 is 11.9 Å². The van der Waals surface area contributed by atoms with E-state index in [1.54, 1.807) is 25.1 Å². The molecule has 1 amide bonds. The molecule has 0 saturated carbocycles. The number of morpholine rings is 1. The molecule has 1 saturated heterocycles. The van der Waals surface area contributed by atoms with Crippen molar-refractivity contribution in [1.29, 1.82) is 0 Å². The van der Waals surface area contributed by atoms with Gasteiger partial charge in [-0.15, -0.1) is 0 Å². The van der Waals surface area contributed by atoms with Gasteiger partial charge in [0.1, 0.15) is 0 Å². The summed E-state index contributed by atoms with van der Waals surface area (Å²) in [6.07, 6.45) is 1.06. The zero-order chi connectivity index (χ0) is 21.3. The Hall–Kier alpha value is -2.94. The smallest absolute Gasteiger partial charge is 0.255 e. The summed E-state index contributed by atoms with van der Waals surface area (Å²) in [6.45, 7) is 5.08. The largest absolute Gasteiger partial charge is 0.490 e. The summed E-state index contributed by atoms with van der Waals surface area (Å²) in [5.74, 6) is 0.183. The van der Waals surface area contributed by atoms with Crippen molar-refractivity contribution in [3.8, 4) is 5.75 Å². The minimum atomic E-state index is -0.407. The van der Waals surface area contributed by atoms with E-state index in [0.717, 1.165) is 0 Å². The van der Waals surface area contributed by atoms with Crippen molar-refractivity contribution in [1.82, 2.24) is 15.3 Å². The van der Waals surface area contributed by atoms with E-state index in [2.05, 4.69) is 15.3 Å². The van der Waals surface area contributed by atoms with Gasteiger partial charge in [-0.2, -0.15) is 0 Å². The van der Waals surface area contributed by atoms with Gasteiger partial charge in [-0.25, -0.2) is 9.37 Å². The fraction of sp³-hybridized carbons (Fsp3) is 0.476. The molecule has 1 aromatic heterocycles. The Balaban J connectivity index is 1.41. The van der Waals surface area contributed by atoms with Crippen molar-refractivity contribution in [2.24, 2.45) is 0 Å². The standard InChI is InChI=1S/C21H27FN4O4/c1-15-16(20(28)25-21(24-15)26-10-13-29-14-11-26)7-8-19(27)23-9-4-12-30-18-6-3-2-5-17(18)22/h2-3,5-6H,4,7-14H2,1H3,(H,23,27)(H,24,25,28). The number of benzene rings is 1. The topological polar surface area (TPSA) is 96.6 Å². The summed E-state index contributed by atoms with van der Waals surface area (Å²) < 4.78 is 24.1. The number of nitrogens with zero attached hydrogens (tertiary/aromatic N) is 2. The zero-order valence-electron chi connectivity index (χ0n) is 17.1. The number of hydrogen-bond donors (Lipinski definition) is 2. The van der Waals surface area contributed by atoms with Crippen LogP contribution in [0.5, 0.6) is 5.75 Å². The van der Waals surface area contributed by atoms with Gasteiger partial charge in [0, 0.05) is 37.3 Å². The van der Waals surface area contributed by atoms with Crippen LogP contribution in [-0.4, -0.2) is 55.3 Å². The van der Waals surface area contributed by atoms with Crippen molar-refractivity contribution in [3.63, 3.8) is 0 Å². The molecule has 2 N–H and O–H groups in total. The molecule has 2 heterocycles. The monoisotopic (exact) mass is 418 g/mol. The Morgan fingerprint density at radius 1 is 1.33 bits per heavy atom. The molecule has 0 bridgehead atoms. The number of rotatable bonds is 9. The van der Waals surface area contributed by atoms with Gasteiger partial charge in [0.15, 0.2) is 11.6 Å². The second kappa shape index (κ2) is 10.7. The maximum atomic E-state index is 13.4. The average Bonchev–Trinajstić information content (AvgIpc) is 2.74. The Morgan fingerprint density at radius 3 is 2.83 bits per heavy atom. The van der Waals surface area contributed by atoms with E-state index in [-0.39, 0.29) is 23.6 Å². The second-order valence-corrected chi connectivity index (χ2v) is 7.04. The molecule has 0 spiro atoms. The predicted octanol–water partition coefficient (Wildman–Crippen LogP) is 1.57. The summed E-state index contributed by atoms with van der Waals surface area (Å²) in [5.41, 5.74) is 0.937. The Labute approximate surface area is 174 Å². The fourth-order valence-corrected chi connectivity index (χ4v) is 3.19. The van der Waals surface area contributed by atoms with Crippen LogP contribution in [-0.2, 0) is 16.0 Å². The molecule has 2 aromatic rings. The molecule has 1 aliphatic heterocycles. The summed E-state index contributed by atoms with van der Waals surface area (Å²) >= 11 is 0. The molecule has 9 heteroatoms. The number of para-hydroxylation sites is 1. The van der Waals surface area contributed by atoms with Gasteiger partial charge >= 0.3 is 0 Å². The SMILES string of the molecule is Cc1nc(N2CCOCC2)[nH]c(=O)c1CCC(=O)NCCCOc1ccccc1F. The maximum Gasteiger partial charge on any atom is 0.255 e. The molecule has 1 aromatic carbocycles. The van der Waals surface area contributed by atoms with Crippen molar-refractivity contribution in [2.45, 2.75) is 26.2 Å². The Morgan fingerprint density at radius 2 is 2.10 bits per heavy atom. The summed E-state index contributed by atoms with van der Waals surface area (Å²) in [6, 6.07) is 6.20. The van der Waals surface area contributed by atoms with Gasteiger partial charge in [-0.1, -0.05) is 12.1 Å². The number of aromatic nitrogens is 2. The van der Waals surface area contributed by atoms with Gasteiger partial charge in [0.2, 0.25) is 11.9 Å². The van der Waals surface area contributed by atoms with Crippen LogP contribution in [0.25, 0.3) is 0 Å². The molecular formula is C21H27FN4O4. The summed E-state index contributed by atoms with van der Waals surface area (Å²) in [4.78, 5) is 33.8. The molecule has 3 rings (SSSR count). The van der Waals surface area contributed by atoms with Crippen LogP contribution in [0.3, 0.4) is 0 Å². The highest BCUT2D eigenvalue weighted by atomic mass is 19.1. The number of ether oxygens (including phenoxy) is 2. The molecule has 0 aliphatic carbocycles. The van der Waals surface area contributed by atoms with Crippen LogP contribution in [0.2, 0.25) is 0 Å². The first-order valence-corrected chi connectivity index (χ1v) is 10.1. The zero-order valence-corrected chi connectivity index (χ0v) is 17.1. The van der Waals surface area contributed by atoms with Crippen LogP contribution in [0.4, 0.5) is 10.3 Å². The van der Waals surface area contributed by atoms with Gasteiger partial charge in [-0.3, -0.25) is 14.6 Å². The molecule has 0 atom stereocenters. The predicted molar refractivity (Wildman–Crippen MR) is 110 cm³/mol. The van der Waals surface area contributed by atoms with Crippen LogP contribution >= 0.6 is 0 Å². The number of carbonyl (C=O) groups is 1. The highest BCUT2D eigenvalue weighted by molar-refractivity contribution is 5.76. The fourth-order valence-electron chi connectivity index (χ4n) is 3.19. The van der Waals surface area contributed by atoms with Crippen LogP contribution in [0, 0.1) is 12.7 Å². The van der Waals surface area contributed by atoms with E-state index in [4.69, 9.17) is 9.47 Å². The van der Waals surface area contributed by atoms with E-state index < -0.39 is 5.82 Å². The van der Waals surface area contributed by atoms with E-state index >= 15 is 0 Å². The minimum Gasteiger partial charge on any atom is -0.490 e. The molecule has 0 radical (unpaired) electrons. The highest BCUT2D eigenvalue weighted by Gasteiger charge is 2.16. The number of amides is 1. The van der Waals surface area contributed by atoms with Gasteiger partial charge in [0.25, 0.3) is 5.56 Å². The Bertz CT molecular complexity index is 912. The van der Waals surface area contributed by atoms with Crippen molar-refractivity contribution < 1.29 is 18.7 Å². The molecule has 1 aliphatic rings.